The first-order valence-electron chi connectivity index (χ1n) is 14.6. The highest BCUT2D eigenvalue weighted by Crippen LogP contribution is 2.16. The Morgan fingerprint density at radius 3 is 2.41 bits per heavy atom. The lowest BCUT2D eigenvalue weighted by Gasteiger charge is -2.36. The van der Waals surface area contributed by atoms with Crippen molar-refractivity contribution < 1.29 is 23.9 Å². The molecule has 2 N–H and O–H groups in total. The molecule has 0 bridgehead atoms. The van der Waals surface area contributed by atoms with E-state index in [4.69, 9.17) is 21.7 Å². The highest BCUT2D eigenvalue weighted by atomic mass is 32.1. The number of hydrogen-bond donors (Lipinski definition) is 2. The number of hydrogen-bond acceptors (Lipinski definition) is 6. The van der Waals surface area contributed by atoms with Gasteiger partial charge in [-0.15, -0.1) is 0 Å². The Morgan fingerprint density at radius 2 is 1.74 bits per heavy atom. The van der Waals surface area contributed by atoms with Gasteiger partial charge in [0, 0.05) is 18.7 Å². The van der Waals surface area contributed by atoms with Crippen LogP contribution < -0.4 is 15.4 Å². The lowest BCUT2D eigenvalue weighted by atomic mass is 10.1. The molecule has 1 unspecified atom stereocenters. The number of esters is 1. The molecule has 0 spiro atoms. The number of unbranched alkanes of at least 4 members (excludes halogenated alkanes) is 9. The van der Waals surface area contributed by atoms with Crippen LogP contribution in [-0.2, 0) is 14.3 Å². The van der Waals surface area contributed by atoms with E-state index in [1.165, 1.54) is 44.9 Å². The lowest BCUT2D eigenvalue weighted by Crippen LogP contribution is -2.60. The van der Waals surface area contributed by atoms with Gasteiger partial charge in [0.05, 0.1) is 19.6 Å². The second kappa shape index (κ2) is 18.6. The third-order valence-corrected chi connectivity index (χ3v) is 6.95. The van der Waals surface area contributed by atoms with Crippen molar-refractivity contribution in [2.75, 3.05) is 26.3 Å². The van der Waals surface area contributed by atoms with E-state index >= 15 is 0 Å². The predicted molar refractivity (Wildman–Crippen MR) is 158 cm³/mol. The van der Waals surface area contributed by atoms with E-state index in [-0.39, 0.29) is 17.4 Å². The molecule has 1 atom stereocenters. The van der Waals surface area contributed by atoms with Gasteiger partial charge in [0.15, 0.2) is 5.11 Å². The van der Waals surface area contributed by atoms with Gasteiger partial charge in [-0.2, -0.15) is 0 Å². The quantitative estimate of drug-likeness (QED) is 0.150. The fraction of sp³-hybridized carbons (Fsp3) is 0.667. The van der Waals surface area contributed by atoms with Crippen molar-refractivity contribution in [3.63, 3.8) is 0 Å². The number of amides is 2. The second-order valence-corrected chi connectivity index (χ2v) is 11.0. The minimum absolute atomic E-state index is 0.107. The molecular weight excluding hydrogens is 514 g/mol. The molecule has 1 saturated heterocycles. The largest absolute Gasteiger partial charge is 0.493 e. The SMILES string of the molecule is CCCCCCCCCCCCOC(=O)CC1C(=O)NCCN1C(=S)NC(=O)c1cccc(OCC(C)C)c1. The Hall–Kier alpha value is -2.68. The number of carbonyl (C=O) groups excluding carboxylic acids is 3. The normalized spacial score (nSPS) is 15.1. The Morgan fingerprint density at radius 1 is 1.08 bits per heavy atom. The number of ether oxygens (including phenoxy) is 2. The number of nitrogens with zero attached hydrogens (tertiary/aromatic N) is 1. The molecule has 8 nitrogen and oxygen atoms in total. The molecule has 2 rings (SSSR count). The first-order valence-corrected chi connectivity index (χ1v) is 15.0. The third kappa shape index (κ3) is 12.8. The van der Waals surface area contributed by atoms with Crippen LogP contribution >= 0.6 is 12.2 Å². The summed E-state index contributed by atoms with van der Waals surface area (Å²) in [6.45, 7) is 7.98. The summed E-state index contributed by atoms with van der Waals surface area (Å²) in [5.41, 5.74) is 0.396. The molecule has 1 aromatic carbocycles. The summed E-state index contributed by atoms with van der Waals surface area (Å²) in [5, 5.41) is 5.58. The minimum atomic E-state index is -0.826. The van der Waals surface area contributed by atoms with Crippen LogP contribution in [0.15, 0.2) is 24.3 Å². The standard InChI is InChI=1S/C30H47N3O5S/c1-4-5-6-7-8-9-10-11-12-13-19-37-27(34)21-26-29(36)31-17-18-33(26)30(39)32-28(35)24-15-14-16-25(20-24)38-22-23(2)3/h14-16,20,23,26H,4-13,17-19,21-22H2,1-3H3,(H,31,36)(H,32,35,39). The monoisotopic (exact) mass is 561 g/mol. The van der Waals surface area contributed by atoms with Crippen LogP contribution in [0.2, 0.25) is 0 Å². The summed E-state index contributed by atoms with van der Waals surface area (Å²) in [5.74, 6) is -0.190. The number of nitrogens with one attached hydrogen (secondary N) is 2. The Bertz CT molecular complexity index is 924. The molecule has 0 radical (unpaired) electrons. The Labute approximate surface area is 239 Å². The molecule has 0 aliphatic carbocycles. The van der Waals surface area contributed by atoms with Crippen LogP contribution in [-0.4, -0.2) is 60.1 Å². The molecule has 1 aromatic rings. The summed E-state index contributed by atoms with van der Waals surface area (Å²) in [6, 6.07) is 6.04. The summed E-state index contributed by atoms with van der Waals surface area (Å²) >= 11 is 5.47. The van der Waals surface area contributed by atoms with Crippen LogP contribution in [0.25, 0.3) is 0 Å². The first kappa shape index (κ1) is 32.5. The molecule has 0 aromatic heterocycles. The number of rotatable bonds is 17. The van der Waals surface area contributed by atoms with Crippen LogP contribution in [0, 0.1) is 5.92 Å². The van der Waals surface area contributed by atoms with Crippen molar-refractivity contribution in [1.82, 2.24) is 15.5 Å². The van der Waals surface area contributed by atoms with Gasteiger partial charge in [-0.1, -0.05) is 84.6 Å². The van der Waals surface area contributed by atoms with Gasteiger partial charge >= 0.3 is 5.97 Å². The number of piperazine rings is 1. The summed E-state index contributed by atoms with van der Waals surface area (Å²) in [4.78, 5) is 39.5. The van der Waals surface area contributed by atoms with Crippen molar-refractivity contribution in [3.8, 4) is 5.75 Å². The van der Waals surface area contributed by atoms with Gasteiger partial charge in [-0.25, -0.2) is 0 Å². The van der Waals surface area contributed by atoms with E-state index in [0.29, 0.717) is 43.5 Å². The van der Waals surface area contributed by atoms with E-state index in [9.17, 15) is 14.4 Å². The van der Waals surface area contributed by atoms with Crippen molar-refractivity contribution >= 4 is 35.1 Å². The van der Waals surface area contributed by atoms with Crippen LogP contribution in [0.5, 0.6) is 5.75 Å². The van der Waals surface area contributed by atoms with E-state index in [2.05, 4.69) is 17.6 Å². The molecule has 1 aliphatic rings. The van der Waals surface area contributed by atoms with Gasteiger partial charge in [0.2, 0.25) is 5.91 Å². The summed E-state index contributed by atoms with van der Waals surface area (Å²) < 4.78 is 11.1. The zero-order valence-electron chi connectivity index (χ0n) is 24.0. The van der Waals surface area contributed by atoms with Crippen LogP contribution in [0.4, 0.5) is 0 Å². The number of carbonyl (C=O) groups is 3. The fourth-order valence-electron chi connectivity index (χ4n) is 4.38. The molecule has 218 valence electrons. The molecule has 1 heterocycles. The van der Waals surface area contributed by atoms with Crippen molar-refractivity contribution in [1.29, 1.82) is 0 Å². The van der Waals surface area contributed by atoms with Gasteiger partial charge in [-0.05, 0) is 42.8 Å². The second-order valence-electron chi connectivity index (χ2n) is 10.6. The van der Waals surface area contributed by atoms with E-state index in [1.807, 2.05) is 13.8 Å². The van der Waals surface area contributed by atoms with E-state index in [1.54, 1.807) is 29.2 Å². The van der Waals surface area contributed by atoms with Crippen molar-refractivity contribution in [2.24, 2.45) is 5.92 Å². The maximum absolute atomic E-state index is 12.9. The van der Waals surface area contributed by atoms with Gasteiger partial charge in [0.1, 0.15) is 11.8 Å². The van der Waals surface area contributed by atoms with Gasteiger partial charge in [0.25, 0.3) is 5.91 Å². The number of thiocarbonyl (C=S) groups is 1. The smallest absolute Gasteiger partial charge is 0.308 e. The minimum Gasteiger partial charge on any atom is -0.493 e. The summed E-state index contributed by atoms with van der Waals surface area (Å²) in [6.07, 6.45) is 11.9. The lowest BCUT2D eigenvalue weighted by molar-refractivity contribution is -0.147. The predicted octanol–water partition coefficient (Wildman–Crippen LogP) is 5.39. The van der Waals surface area contributed by atoms with E-state index < -0.39 is 17.9 Å². The fourth-order valence-corrected chi connectivity index (χ4v) is 4.70. The first-order chi connectivity index (χ1) is 18.8. The molecule has 2 amide bonds. The third-order valence-electron chi connectivity index (χ3n) is 6.61. The van der Waals surface area contributed by atoms with Crippen LogP contribution in [0.3, 0.4) is 0 Å². The average molecular weight is 562 g/mol. The topological polar surface area (TPSA) is 97.0 Å². The van der Waals surface area contributed by atoms with E-state index in [0.717, 1.165) is 19.3 Å². The highest BCUT2D eigenvalue weighted by Gasteiger charge is 2.34. The highest BCUT2D eigenvalue weighted by molar-refractivity contribution is 7.80. The average Bonchev–Trinajstić information content (AvgIpc) is 2.91. The molecule has 39 heavy (non-hydrogen) atoms. The molecule has 1 fully saturated rings. The molecular formula is C30H47N3O5S. The van der Waals surface area contributed by atoms with Crippen molar-refractivity contribution in [2.45, 2.75) is 97.4 Å². The van der Waals surface area contributed by atoms with Crippen LogP contribution in [0.1, 0.15) is 102 Å². The van der Waals surface area contributed by atoms with Gasteiger partial charge < -0.3 is 19.7 Å². The Balaban J connectivity index is 1.76. The zero-order chi connectivity index (χ0) is 28.5. The molecule has 0 saturated carbocycles. The molecule has 9 heteroatoms. The summed E-state index contributed by atoms with van der Waals surface area (Å²) in [7, 11) is 0. The molecule has 1 aliphatic heterocycles. The zero-order valence-corrected chi connectivity index (χ0v) is 24.8. The maximum atomic E-state index is 12.9. The van der Waals surface area contributed by atoms with Gasteiger partial charge in [-0.3, -0.25) is 19.7 Å². The number of benzene rings is 1. The Kier molecular flexibility index (Phi) is 15.5. The maximum Gasteiger partial charge on any atom is 0.308 e. The van der Waals surface area contributed by atoms with Crippen molar-refractivity contribution in [3.05, 3.63) is 29.8 Å².